The van der Waals surface area contributed by atoms with Crippen LogP contribution in [0.25, 0.3) is 5.57 Å². The van der Waals surface area contributed by atoms with Gasteiger partial charge in [0.05, 0.1) is 6.04 Å². The Morgan fingerprint density at radius 2 is 1.64 bits per heavy atom. The molecule has 1 atom stereocenters. The van der Waals surface area contributed by atoms with Crippen molar-refractivity contribution in [3.05, 3.63) is 106 Å². The van der Waals surface area contributed by atoms with Gasteiger partial charge in [-0.2, -0.15) is 0 Å². The third kappa shape index (κ3) is 3.45. The van der Waals surface area contributed by atoms with E-state index in [1.807, 2.05) is 67.6 Å². The SMILES string of the molecule is Cc1ccc(C2=C(O)C(=O)N(Cc3ccncc3)[C@H]2c2ccc(Br)cc2)cc1. The predicted octanol–water partition coefficient (Wildman–Crippen LogP) is 5.21. The lowest BCUT2D eigenvalue weighted by Gasteiger charge is -2.27. The zero-order valence-corrected chi connectivity index (χ0v) is 16.9. The van der Waals surface area contributed by atoms with Crippen molar-refractivity contribution in [1.29, 1.82) is 0 Å². The van der Waals surface area contributed by atoms with Crippen LogP contribution in [0.4, 0.5) is 0 Å². The number of nitrogens with zero attached hydrogens (tertiary/aromatic N) is 2. The largest absolute Gasteiger partial charge is 0.503 e. The average Bonchev–Trinajstić information content (AvgIpc) is 2.95. The van der Waals surface area contributed by atoms with Crippen molar-refractivity contribution in [1.82, 2.24) is 9.88 Å². The second kappa shape index (κ2) is 7.60. The molecule has 1 amide bonds. The molecule has 0 saturated carbocycles. The molecule has 5 heteroatoms. The molecule has 0 unspecified atom stereocenters. The summed E-state index contributed by atoms with van der Waals surface area (Å²) < 4.78 is 0.964. The highest BCUT2D eigenvalue weighted by Gasteiger charge is 2.40. The first-order valence-corrected chi connectivity index (χ1v) is 9.79. The van der Waals surface area contributed by atoms with Crippen molar-refractivity contribution >= 4 is 27.4 Å². The molecule has 4 nitrogen and oxygen atoms in total. The molecule has 4 rings (SSSR count). The lowest BCUT2D eigenvalue weighted by Crippen LogP contribution is -2.29. The summed E-state index contributed by atoms with van der Waals surface area (Å²) in [7, 11) is 0. The number of hydrogen-bond acceptors (Lipinski definition) is 3. The molecule has 1 aliphatic heterocycles. The number of aliphatic hydroxyl groups is 1. The molecule has 2 heterocycles. The summed E-state index contributed by atoms with van der Waals surface area (Å²) in [4.78, 5) is 18.8. The number of carbonyl (C=O) groups is 1. The van der Waals surface area contributed by atoms with Gasteiger partial charge in [-0.15, -0.1) is 0 Å². The van der Waals surface area contributed by atoms with Crippen LogP contribution >= 0.6 is 15.9 Å². The molecule has 3 aromatic rings. The van der Waals surface area contributed by atoms with E-state index in [9.17, 15) is 9.90 Å². The first-order chi connectivity index (χ1) is 13.5. The molecular formula is C23H19BrN2O2. The maximum absolute atomic E-state index is 13.0. The van der Waals surface area contributed by atoms with Gasteiger partial charge in [-0.25, -0.2) is 0 Å². The summed E-state index contributed by atoms with van der Waals surface area (Å²) in [6.45, 7) is 2.40. The van der Waals surface area contributed by atoms with Gasteiger partial charge >= 0.3 is 0 Å². The van der Waals surface area contributed by atoms with E-state index in [0.717, 1.165) is 26.7 Å². The Morgan fingerprint density at radius 1 is 1.00 bits per heavy atom. The zero-order chi connectivity index (χ0) is 19.7. The molecule has 1 aromatic heterocycles. The van der Waals surface area contributed by atoms with Gasteiger partial charge in [0.15, 0.2) is 5.76 Å². The highest BCUT2D eigenvalue weighted by atomic mass is 79.9. The first-order valence-electron chi connectivity index (χ1n) is 9.00. The Balaban J connectivity index is 1.81. The number of benzene rings is 2. The van der Waals surface area contributed by atoms with Crippen LogP contribution in [0.1, 0.15) is 28.3 Å². The predicted molar refractivity (Wildman–Crippen MR) is 112 cm³/mol. The minimum Gasteiger partial charge on any atom is -0.503 e. The smallest absolute Gasteiger partial charge is 0.290 e. The minimum atomic E-state index is -0.364. The van der Waals surface area contributed by atoms with Gasteiger partial charge in [0.2, 0.25) is 0 Å². The van der Waals surface area contributed by atoms with Gasteiger partial charge in [0.1, 0.15) is 0 Å². The van der Waals surface area contributed by atoms with Crippen LogP contribution < -0.4 is 0 Å². The van der Waals surface area contributed by atoms with Gasteiger partial charge < -0.3 is 10.0 Å². The van der Waals surface area contributed by atoms with Crippen LogP contribution in [0.15, 0.2) is 83.3 Å². The van der Waals surface area contributed by atoms with Crippen LogP contribution in [0.2, 0.25) is 0 Å². The van der Waals surface area contributed by atoms with Crippen LogP contribution in [-0.4, -0.2) is 20.9 Å². The highest BCUT2D eigenvalue weighted by molar-refractivity contribution is 9.10. The number of aromatic nitrogens is 1. The highest BCUT2D eigenvalue weighted by Crippen LogP contribution is 2.43. The standard InChI is InChI=1S/C23H19BrN2O2/c1-15-2-4-17(5-3-15)20-21(18-6-8-19(24)9-7-18)26(23(28)22(20)27)14-16-10-12-25-13-11-16/h2-13,21,27H,14H2,1H3/t21-/m0/s1. The molecule has 0 spiro atoms. The Kier molecular flexibility index (Phi) is 5.01. The van der Waals surface area contributed by atoms with Crippen molar-refractivity contribution in [3.8, 4) is 0 Å². The molecule has 2 aromatic carbocycles. The van der Waals surface area contributed by atoms with E-state index in [0.29, 0.717) is 12.1 Å². The van der Waals surface area contributed by atoms with Crippen molar-refractivity contribution in [2.24, 2.45) is 0 Å². The summed E-state index contributed by atoms with van der Waals surface area (Å²) >= 11 is 3.47. The van der Waals surface area contributed by atoms with E-state index in [2.05, 4.69) is 20.9 Å². The van der Waals surface area contributed by atoms with Gasteiger partial charge in [0.25, 0.3) is 5.91 Å². The Labute approximate surface area is 172 Å². The number of amides is 1. The molecule has 0 bridgehead atoms. The van der Waals surface area contributed by atoms with Gasteiger partial charge in [-0.1, -0.05) is 57.9 Å². The second-order valence-corrected chi connectivity index (χ2v) is 7.79. The van der Waals surface area contributed by atoms with E-state index in [-0.39, 0.29) is 17.7 Å². The van der Waals surface area contributed by atoms with Gasteiger partial charge in [0, 0.05) is 29.0 Å². The van der Waals surface area contributed by atoms with Gasteiger partial charge in [-0.3, -0.25) is 9.78 Å². The fourth-order valence-electron chi connectivity index (χ4n) is 3.52. The third-order valence-corrected chi connectivity index (χ3v) is 5.48. The third-order valence-electron chi connectivity index (χ3n) is 4.95. The number of aryl methyl sites for hydroxylation is 1. The second-order valence-electron chi connectivity index (χ2n) is 6.87. The maximum Gasteiger partial charge on any atom is 0.290 e. The molecule has 0 saturated heterocycles. The van der Waals surface area contributed by atoms with Crippen LogP contribution in [0.3, 0.4) is 0 Å². The molecular weight excluding hydrogens is 416 g/mol. The zero-order valence-electron chi connectivity index (χ0n) is 15.3. The topological polar surface area (TPSA) is 53.4 Å². The molecule has 0 fully saturated rings. The van der Waals surface area contributed by atoms with Crippen LogP contribution in [0, 0.1) is 6.92 Å². The quantitative estimate of drug-likeness (QED) is 0.613. The lowest BCUT2D eigenvalue weighted by atomic mass is 9.93. The average molecular weight is 435 g/mol. The summed E-state index contributed by atoms with van der Waals surface area (Å²) in [5.41, 5.74) is 4.53. The monoisotopic (exact) mass is 434 g/mol. The molecule has 28 heavy (non-hydrogen) atoms. The summed E-state index contributed by atoms with van der Waals surface area (Å²) in [5, 5.41) is 10.8. The molecule has 0 aliphatic carbocycles. The van der Waals surface area contributed by atoms with E-state index in [4.69, 9.17) is 0 Å². The maximum atomic E-state index is 13.0. The minimum absolute atomic E-state index is 0.189. The first kappa shape index (κ1) is 18.4. The molecule has 1 N–H and O–H groups in total. The van der Waals surface area contributed by atoms with E-state index in [1.165, 1.54) is 0 Å². The summed E-state index contributed by atoms with van der Waals surface area (Å²) in [5.74, 6) is -0.550. The van der Waals surface area contributed by atoms with Crippen LogP contribution in [0.5, 0.6) is 0 Å². The van der Waals surface area contributed by atoms with Crippen molar-refractivity contribution in [2.75, 3.05) is 0 Å². The lowest BCUT2D eigenvalue weighted by molar-refractivity contribution is -0.130. The summed E-state index contributed by atoms with van der Waals surface area (Å²) in [6, 6.07) is 19.2. The molecule has 0 radical (unpaired) electrons. The van der Waals surface area contributed by atoms with Crippen LogP contribution in [-0.2, 0) is 11.3 Å². The van der Waals surface area contributed by atoms with Crippen molar-refractivity contribution in [2.45, 2.75) is 19.5 Å². The molecule has 1 aliphatic rings. The fourth-order valence-corrected chi connectivity index (χ4v) is 3.79. The number of hydrogen-bond donors (Lipinski definition) is 1. The Bertz CT molecular complexity index is 1030. The number of aliphatic hydroxyl groups excluding tert-OH is 1. The van der Waals surface area contributed by atoms with Crippen molar-refractivity contribution in [3.63, 3.8) is 0 Å². The normalized spacial score (nSPS) is 16.7. The Morgan fingerprint density at radius 3 is 2.29 bits per heavy atom. The van der Waals surface area contributed by atoms with Gasteiger partial charge in [-0.05, 0) is 47.9 Å². The number of rotatable bonds is 4. The Hall–Kier alpha value is -2.92. The molecule has 140 valence electrons. The number of halogens is 1. The fraction of sp³-hybridized carbons (Fsp3) is 0.130. The number of carbonyl (C=O) groups excluding carboxylic acids is 1. The van der Waals surface area contributed by atoms with Crippen molar-refractivity contribution < 1.29 is 9.90 Å². The number of pyridine rings is 1. The van der Waals surface area contributed by atoms with E-state index in [1.54, 1.807) is 17.3 Å². The van der Waals surface area contributed by atoms with E-state index < -0.39 is 0 Å². The van der Waals surface area contributed by atoms with E-state index >= 15 is 0 Å². The summed E-state index contributed by atoms with van der Waals surface area (Å²) in [6.07, 6.45) is 3.41.